The molecule has 1 fully saturated rings. The number of halogens is 1. The summed E-state index contributed by atoms with van der Waals surface area (Å²) in [6.07, 6.45) is 2.31. The van der Waals surface area contributed by atoms with Gasteiger partial charge in [0.15, 0.2) is 5.78 Å². The van der Waals surface area contributed by atoms with E-state index in [0.29, 0.717) is 5.52 Å². The van der Waals surface area contributed by atoms with Crippen molar-refractivity contribution >= 4 is 41.5 Å². The summed E-state index contributed by atoms with van der Waals surface area (Å²) in [6.45, 7) is 13.4. The van der Waals surface area contributed by atoms with Gasteiger partial charge in [-0.3, -0.25) is 9.69 Å². The average molecular weight is 604 g/mol. The highest BCUT2D eigenvalue weighted by Gasteiger charge is 2.42. The summed E-state index contributed by atoms with van der Waals surface area (Å²) >= 11 is 3.53. The molecule has 4 rings (SSSR count). The van der Waals surface area contributed by atoms with Gasteiger partial charge in [0.25, 0.3) is 0 Å². The number of aromatic nitrogens is 1. The highest BCUT2D eigenvalue weighted by atomic mass is 32.1. The molecule has 2 aromatic carbocycles. The number of H-pyrrole nitrogens is 1. The lowest BCUT2D eigenvalue weighted by molar-refractivity contribution is -0.117. The Kier molecular flexibility index (Phi) is 15.7. The molecule has 8 nitrogen and oxygen atoms in total. The molecule has 0 spiro atoms. The smallest absolute Gasteiger partial charge is 0.410 e. The van der Waals surface area contributed by atoms with Gasteiger partial charge >= 0.3 is 12.2 Å². The number of nitrogens with one attached hydrogen (secondary N) is 2. The van der Waals surface area contributed by atoms with Gasteiger partial charge in [-0.2, -0.15) is 12.6 Å². The number of nitrogens with zero attached hydrogens (tertiary/aromatic N) is 1. The summed E-state index contributed by atoms with van der Waals surface area (Å²) in [5.41, 5.74) is 1.44. The van der Waals surface area contributed by atoms with Crippen molar-refractivity contribution in [1.82, 2.24) is 15.2 Å². The van der Waals surface area contributed by atoms with Crippen molar-refractivity contribution in [2.75, 3.05) is 19.3 Å². The molecule has 1 aliphatic heterocycles. The quantitative estimate of drug-likeness (QED) is 0.254. The zero-order valence-electron chi connectivity index (χ0n) is 26.0. The maximum Gasteiger partial charge on any atom is 0.410 e. The molecule has 42 heavy (non-hydrogen) atoms. The van der Waals surface area contributed by atoms with Crippen molar-refractivity contribution in [2.45, 2.75) is 79.1 Å². The summed E-state index contributed by atoms with van der Waals surface area (Å²) in [5.74, 6) is -0.970. The number of thiol groups is 1. The van der Waals surface area contributed by atoms with Crippen molar-refractivity contribution in [1.29, 1.82) is 0 Å². The second-order valence-corrected chi connectivity index (χ2v) is 9.90. The highest BCUT2D eigenvalue weighted by molar-refractivity contribution is 7.79. The molecular weight excluding hydrogens is 557 g/mol. The van der Waals surface area contributed by atoms with Crippen molar-refractivity contribution < 1.29 is 28.2 Å². The first-order chi connectivity index (χ1) is 20.1. The van der Waals surface area contributed by atoms with Gasteiger partial charge in [0, 0.05) is 36.0 Å². The van der Waals surface area contributed by atoms with E-state index in [2.05, 4.69) is 22.9 Å². The molecular formula is C32H46FN3O5S. The number of carbonyl (C=O) groups excluding carboxylic acids is 3. The van der Waals surface area contributed by atoms with Crippen LogP contribution in [0.25, 0.3) is 10.9 Å². The van der Waals surface area contributed by atoms with Gasteiger partial charge in [0.05, 0.1) is 12.6 Å². The minimum Gasteiger partial charge on any atom is -0.445 e. The molecule has 0 aliphatic carbocycles. The van der Waals surface area contributed by atoms with Crippen LogP contribution in [0, 0.1) is 5.82 Å². The highest BCUT2D eigenvalue weighted by Crippen LogP contribution is 2.35. The number of hydrogen-bond donors (Lipinski definition) is 3. The number of benzene rings is 2. The molecule has 2 N–H and O–H groups in total. The van der Waals surface area contributed by atoms with Gasteiger partial charge in [0.1, 0.15) is 18.0 Å². The topological polar surface area (TPSA) is 101 Å². The fraction of sp³-hybridized carbons (Fsp3) is 0.469. The predicted molar refractivity (Wildman–Crippen MR) is 170 cm³/mol. The molecule has 2 unspecified atom stereocenters. The SMILES string of the molecule is CC.CC.CC(C)(C)OC(=O)N1CC(=O)CC1C(CNC(=O)OCc1ccccc1)c1c[nH]c2cc(F)ccc12.CS. The van der Waals surface area contributed by atoms with E-state index < -0.39 is 29.7 Å². The Bertz CT molecular complexity index is 1260. The molecule has 0 radical (unpaired) electrons. The Morgan fingerprint density at radius 2 is 1.74 bits per heavy atom. The summed E-state index contributed by atoms with van der Waals surface area (Å²) in [6, 6.07) is 13.1. The molecule has 10 heteroatoms. The van der Waals surface area contributed by atoms with Gasteiger partial charge < -0.3 is 19.8 Å². The van der Waals surface area contributed by atoms with Crippen LogP contribution in [0.15, 0.2) is 54.7 Å². The van der Waals surface area contributed by atoms with E-state index in [0.717, 1.165) is 16.5 Å². The van der Waals surface area contributed by atoms with Crippen LogP contribution < -0.4 is 5.32 Å². The number of alkyl carbamates (subject to hydrolysis) is 1. The van der Waals surface area contributed by atoms with Gasteiger partial charge in [0.2, 0.25) is 0 Å². The van der Waals surface area contributed by atoms with Crippen LogP contribution in [0.1, 0.15) is 71.9 Å². The maximum atomic E-state index is 13.8. The summed E-state index contributed by atoms with van der Waals surface area (Å²) in [7, 11) is 0. The average Bonchev–Trinajstić information content (AvgIpc) is 3.58. The van der Waals surface area contributed by atoms with Crippen molar-refractivity contribution in [3.63, 3.8) is 0 Å². The molecule has 1 aliphatic rings. The van der Waals surface area contributed by atoms with E-state index in [1.54, 1.807) is 39.3 Å². The number of hydrogen-bond acceptors (Lipinski definition) is 6. The molecule has 3 aromatic rings. The number of likely N-dealkylation sites (tertiary alicyclic amines) is 1. The predicted octanol–water partition coefficient (Wildman–Crippen LogP) is 7.49. The Morgan fingerprint density at radius 3 is 2.36 bits per heavy atom. The van der Waals surface area contributed by atoms with Crippen LogP contribution >= 0.6 is 12.6 Å². The van der Waals surface area contributed by atoms with E-state index in [1.807, 2.05) is 58.0 Å². The first-order valence-corrected chi connectivity index (χ1v) is 15.2. The number of aromatic amines is 1. The monoisotopic (exact) mass is 603 g/mol. The molecule has 2 atom stereocenters. The Morgan fingerprint density at radius 1 is 1.10 bits per heavy atom. The lowest BCUT2D eigenvalue weighted by Gasteiger charge is -2.32. The van der Waals surface area contributed by atoms with Crippen LogP contribution in [0.5, 0.6) is 0 Å². The molecule has 232 valence electrons. The summed E-state index contributed by atoms with van der Waals surface area (Å²) < 4.78 is 24.7. The van der Waals surface area contributed by atoms with Gasteiger partial charge in [-0.1, -0.05) is 58.0 Å². The number of ether oxygens (including phenoxy) is 2. The van der Waals surface area contributed by atoms with Crippen LogP contribution in [-0.2, 0) is 20.9 Å². The molecule has 2 heterocycles. The zero-order chi connectivity index (χ0) is 31.9. The molecule has 0 bridgehead atoms. The number of fused-ring (bicyclic) bond motifs is 1. The molecule has 1 saturated heterocycles. The minimum atomic E-state index is -0.736. The third-order valence-corrected chi connectivity index (χ3v) is 6.03. The fourth-order valence-electron chi connectivity index (χ4n) is 4.44. The van der Waals surface area contributed by atoms with Crippen molar-refractivity contribution in [3.8, 4) is 0 Å². The molecule has 0 saturated carbocycles. The zero-order valence-corrected chi connectivity index (χ0v) is 26.9. The van der Waals surface area contributed by atoms with Crippen LogP contribution in [0.4, 0.5) is 14.0 Å². The Hall–Kier alpha value is -3.53. The van der Waals surface area contributed by atoms with E-state index in [9.17, 15) is 18.8 Å². The Labute approximate surface area is 254 Å². The van der Waals surface area contributed by atoms with Crippen LogP contribution in [0.3, 0.4) is 0 Å². The normalized spacial score (nSPS) is 14.8. The summed E-state index contributed by atoms with van der Waals surface area (Å²) in [4.78, 5) is 42.5. The standard InChI is InChI=1S/C27H30FN3O5.2C2H6.CH4S/c1-27(2,3)36-26(34)31-15-19(32)12-24(31)22(21-13-29-23-11-18(28)9-10-20(21)23)14-30-25(33)35-16-17-7-5-4-6-8-17;3*1-2/h4-11,13,22,24,29H,12,14-16H2,1-3H3,(H,30,33);2*1-2H3;2H,1H3. The van der Waals surface area contributed by atoms with Gasteiger partial charge in [-0.25, -0.2) is 14.0 Å². The lowest BCUT2D eigenvalue weighted by atomic mass is 9.89. The maximum absolute atomic E-state index is 13.8. The number of rotatable bonds is 6. The third-order valence-electron chi connectivity index (χ3n) is 6.03. The van der Waals surface area contributed by atoms with E-state index in [-0.39, 0.29) is 37.7 Å². The molecule has 1 aromatic heterocycles. The molecule has 2 amide bonds. The second kappa shape index (κ2) is 18.1. The van der Waals surface area contributed by atoms with Crippen molar-refractivity contribution in [2.24, 2.45) is 0 Å². The van der Waals surface area contributed by atoms with Crippen LogP contribution in [0.2, 0.25) is 0 Å². The van der Waals surface area contributed by atoms with E-state index in [1.165, 1.54) is 17.0 Å². The largest absolute Gasteiger partial charge is 0.445 e. The summed E-state index contributed by atoms with van der Waals surface area (Å²) in [5, 5.41) is 3.52. The van der Waals surface area contributed by atoms with Crippen LogP contribution in [-0.4, -0.2) is 58.8 Å². The Balaban J connectivity index is 0.00000138. The lowest BCUT2D eigenvalue weighted by Crippen LogP contribution is -2.45. The van der Waals surface area contributed by atoms with Crippen molar-refractivity contribution in [3.05, 3.63) is 71.7 Å². The minimum absolute atomic E-state index is 0.0779. The van der Waals surface area contributed by atoms with Gasteiger partial charge in [-0.15, -0.1) is 0 Å². The van der Waals surface area contributed by atoms with E-state index >= 15 is 0 Å². The second-order valence-electron chi connectivity index (χ2n) is 9.90. The first-order valence-electron chi connectivity index (χ1n) is 14.3. The first kappa shape index (κ1) is 36.5. The fourth-order valence-corrected chi connectivity index (χ4v) is 4.44. The van der Waals surface area contributed by atoms with E-state index in [4.69, 9.17) is 9.47 Å². The third kappa shape index (κ3) is 10.7. The number of ketones is 1. The number of Topliss-reactive ketones (excluding diaryl/α,β-unsaturated/α-hetero) is 1. The number of amides is 2. The van der Waals surface area contributed by atoms with Gasteiger partial charge in [-0.05, 0) is 56.4 Å². The number of carbonyl (C=O) groups is 3.